The van der Waals surface area contributed by atoms with Gasteiger partial charge in [0.05, 0.1) is 0 Å². The quantitative estimate of drug-likeness (QED) is 0.0149. The molecule has 2 rings (SSSR count). The van der Waals surface area contributed by atoms with Gasteiger partial charge in [0, 0.05) is 0 Å². The van der Waals surface area contributed by atoms with Crippen LogP contribution < -0.4 is 9.26 Å². The van der Waals surface area contributed by atoms with Gasteiger partial charge in [-0.3, -0.25) is 0 Å². The first kappa shape index (κ1) is 41.6. The monoisotopic (exact) mass is 1020 g/mol. The van der Waals surface area contributed by atoms with Gasteiger partial charge in [-0.2, -0.15) is 0 Å². The molecule has 3 atom stereocenters. The second-order valence-corrected chi connectivity index (χ2v) is 40.4. The molecule has 0 bridgehead atoms. The Morgan fingerprint density at radius 1 is 1.28 bits per heavy atom. The van der Waals surface area contributed by atoms with Crippen molar-refractivity contribution in [3.8, 4) is 0 Å². The zero-order valence-corrected chi connectivity index (χ0v) is 34.6. The van der Waals surface area contributed by atoms with Crippen LogP contribution in [-0.2, 0) is 32.7 Å². The Bertz CT molecular complexity index is 1490. The third kappa shape index (κ3) is 8.59. The van der Waals surface area contributed by atoms with Crippen molar-refractivity contribution in [1.29, 1.82) is 0 Å². The van der Waals surface area contributed by atoms with E-state index >= 15 is 0 Å². The third-order valence-electron chi connectivity index (χ3n) is 6.60. The standard InChI is InChI=1S/C29H45I3N3O11P/c1-9-13-20(44-8)16-17-30(47(43,45-10-2)46-11-3)34-21-15-12-14-19(4)31(23(37)18-22(21)36)29(41)32(5,42)26(35(6)7)25(38)24(27(32)39)28(33)40/h9,12-19,26,29,34,36,38,41-42H,1,10-11H2,2-8H3,(H2,33,40)/b14-12+,17-16-,20-13+,21-15+,22-18-/t19-,26+,29-/m0/s1. The summed E-state index contributed by atoms with van der Waals surface area (Å²) >= 11 is -13.0. The molecule has 18 heteroatoms. The van der Waals surface area contributed by atoms with Gasteiger partial charge >= 0.3 is 293 Å². The summed E-state index contributed by atoms with van der Waals surface area (Å²) in [5.74, 6) is -2.16. The number of hydrogen-bond donors (Lipinski definition) is 6. The number of amides is 1. The van der Waals surface area contributed by atoms with E-state index in [1.165, 1.54) is 44.3 Å². The van der Waals surface area contributed by atoms with Gasteiger partial charge < -0.3 is 0 Å². The van der Waals surface area contributed by atoms with Crippen molar-refractivity contribution in [2.75, 3.05) is 39.3 Å². The molecule has 0 saturated heterocycles. The van der Waals surface area contributed by atoms with Crippen molar-refractivity contribution < 1.29 is 51.5 Å². The predicted molar refractivity (Wildman–Crippen MR) is 208 cm³/mol. The van der Waals surface area contributed by atoms with Crippen LogP contribution in [0.2, 0.25) is 0 Å². The number of methoxy groups -OCH3 is 1. The van der Waals surface area contributed by atoms with E-state index in [1.807, 2.05) is 0 Å². The first-order valence-electron chi connectivity index (χ1n) is 13.9. The van der Waals surface area contributed by atoms with E-state index in [1.54, 1.807) is 43.1 Å². The number of carbonyl (C=O) groups is 3. The summed E-state index contributed by atoms with van der Waals surface area (Å²) in [5.41, 5.74) is 4.61. The van der Waals surface area contributed by atoms with E-state index in [0.717, 1.165) is 11.0 Å². The molecular weight excluding hydrogens is 978 g/mol. The molecule has 2 aliphatic heterocycles. The van der Waals surface area contributed by atoms with Crippen LogP contribution in [0.5, 0.6) is 0 Å². The summed E-state index contributed by atoms with van der Waals surface area (Å²) in [6.45, 7) is 8.75. The fourth-order valence-corrected chi connectivity index (χ4v) is 43.5. The predicted octanol–water partition coefficient (Wildman–Crippen LogP) is 4.84. The van der Waals surface area contributed by atoms with Gasteiger partial charge in [-0.05, 0) is 0 Å². The van der Waals surface area contributed by atoms with Crippen molar-refractivity contribution in [2.24, 2.45) is 5.73 Å². The summed E-state index contributed by atoms with van der Waals surface area (Å²) in [6.07, 6.45) is 10.1. The first-order chi connectivity index (χ1) is 21.8. The molecule has 0 aromatic carbocycles. The Balaban J connectivity index is 2.66. The second kappa shape index (κ2) is 16.9. The number of hydrogen-bond acceptors (Lipinski definition) is 13. The number of likely N-dealkylation sites (N-methyl/N-ethyl adjacent to an activating group) is 1. The fourth-order valence-electron chi connectivity index (χ4n) is 4.54. The normalized spacial score (nSPS) is 27.4. The first-order valence-corrected chi connectivity index (χ1v) is 30.8. The van der Waals surface area contributed by atoms with Gasteiger partial charge in [0.25, 0.3) is 0 Å². The summed E-state index contributed by atoms with van der Waals surface area (Å²) in [6, 6.07) is 0. The molecule has 2 heterocycles. The SMILES string of the molecule is C=C/C=C(\C=C/I(NC1=C/C=C/[C@H](C)I([C@H](O)I2(C)(O)C(=O)C(C(N)=O)=C(O)[C@H]2N(C)C)C(=O)\C=C\1O)P(=O)(OCC)OCC)OC. The maximum absolute atomic E-state index is 13.9. The van der Waals surface area contributed by atoms with E-state index in [0.29, 0.717) is 5.76 Å². The van der Waals surface area contributed by atoms with Crippen LogP contribution in [0.3, 0.4) is 0 Å². The zero-order valence-electron chi connectivity index (χ0n) is 27.2. The van der Waals surface area contributed by atoms with Crippen LogP contribution in [0.25, 0.3) is 0 Å². The summed E-state index contributed by atoms with van der Waals surface area (Å²) < 4.78 is 41.7. The van der Waals surface area contributed by atoms with Crippen LogP contribution in [0.15, 0.2) is 81.7 Å². The molecule has 47 heavy (non-hydrogen) atoms. The number of ether oxygens (including phenoxy) is 1. The Kier molecular flexibility index (Phi) is 14.9. The maximum atomic E-state index is 13.9. The number of nitrogens with two attached hydrogens (primary N) is 1. The molecule has 268 valence electrons. The Labute approximate surface area is 290 Å². The molecule has 2 aliphatic rings. The van der Waals surface area contributed by atoms with Gasteiger partial charge in [-0.25, -0.2) is 0 Å². The average Bonchev–Trinajstić information content (AvgIpc) is 3.17. The van der Waals surface area contributed by atoms with Crippen LogP contribution in [0.4, 0.5) is 0 Å². The molecule has 0 fully saturated rings. The fraction of sp³-hybridized carbons (Fsp3) is 0.414. The molecule has 0 radical (unpaired) electrons. The van der Waals surface area contributed by atoms with Crippen molar-refractivity contribution in [2.45, 2.75) is 30.9 Å². The Morgan fingerprint density at radius 3 is 2.36 bits per heavy atom. The van der Waals surface area contributed by atoms with Crippen molar-refractivity contribution in [3.05, 3.63) is 81.7 Å². The van der Waals surface area contributed by atoms with Gasteiger partial charge in [0.2, 0.25) is 0 Å². The molecule has 0 aromatic heterocycles. The molecule has 0 spiro atoms. The number of aliphatic hydroxyl groups is 3. The number of halogens is 3. The number of aliphatic hydroxyl groups excluding tert-OH is 3. The number of rotatable bonds is 15. The molecule has 0 aromatic rings. The van der Waals surface area contributed by atoms with Crippen LogP contribution in [0.1, 0.15) is 20.8 Å². The molecule has 7 N–H and O–H groups in total. The number of alkyl halides is 5. The van der Waals surface area contributed by atoms with E-state index < -0.39 is 103 Å². The van der Waals surface area contributed by atoms with E-state index in [-0.39, 0.29) is 18.9 Å². The van der Waals surface area contributed by atoms with Crippen molar-refractivity contribution in [1.82, 2.24) is 8.43 Å². The van der Waals surface area contributed by atoms with Gasteiger partial charge in [0.1, 0.15) is 0 Å². The van der Waals surface area contributed by atoms with E-state index in [4.69, 9.17) is 19.5 Å². The number of nitrogens with one attached hydrogen (secondary N) is 1. The van der Waals surface area contributed by atoms with Crippen LogP contribution >= 0.6 is 62.1 Å². The topological polar surface area (TPSA) is 218 Å². The Hall–Kier alpha value is -1.59. The van der Waals surface area contributed by atoms with Crippen LogP contribution in [0, 0.1) is 0 Å². The molecule has 0 saturated carbocycles. The van der Waals surface area contributed by atoms with Crippen molar-refractivity contribution >= 4 is 75.6 Å². The van der Waals surface area contributed by atoms with Crippen LogP contribution in [-0.4, -0.2) is 86.6 Å². The number of nitrogens with zero attached hydrogens (tertiary/aromatic N) is 1. The zero-order chi connectivity index (χ0) is 35.9. The van der Waals surface area contributed by atoms with Gasteiger partial charge in [-0.15, -0.1) is 0 Å². The van der Waals surface area contributed by atoms with Gasteiger partial charge in [-0.1, -0.05) is 0 Å². The number of primary amides is 1. The van der Waals surface area contributed by atoms with E-state index in [9.17, 15) is 37.7 Å². The third-order valence-corrected chi connectivity index (χ3v) is 44.1. The van der Waals surface area contributed by atoms with Crippen molar-refractivity contribution in [3.63, 3.8) is 0 Å². The molecule has 0 unspecified atom stereocenters. The summed E-state index contributed by atoms with van der Waals surface area (Å²) in [7, 11) is 4.36. The second-order valence-electron chi connectivity index (χ2n) is 10.2. The minimum absolute atomic E-state index is 0.0138. The number of allylic oxidation sites excluding steroid dienone is 7. The molecule has 0 aliphatic carbocycles. The molecule has 1 amide bonds. The summed E-state index contributed by atoms with van der Waals surface area (Å²) in [5, 5.41) is 30.3. The summed E-state index contributed by atoms with van der Waals surface area (Å²) in [4.78, 5) is 42.3. The molecule has 14 nitrogen and oxygen atoms in total. The Morgan fingerprint density at radius 2 is 1.87 bits per heavy atom. The average molecular weight is 1020 g/mol. The molecular formula is C29H45I3N3O11P. The van der Waals surface area contributed by atoms with Gasteiger partial charge in [0.15, 0.2) is 0 Å². The van der Waals surface area contributed by atoms with E-state index in [2.05, 4.69) is 10.1 Å². The number of carbonyl (C=O) groups excluding carboxylic acids is 3. The minimum atomic E-state index is -6.10.